The van der Waals surface area contributed by atoms with Crippen LogP contribution < -0.4 is 0 Å². The second kappa shape index (κ2) is 6.57. The molecular formula is C25H36O3. The Bertz CT molecular complexity index is 762. The number of allylic oxidation sites excluding steroid dienone is 2. The Hall–Kier alpha value is -1.38. The Morgan fingerprint density at radius 3 is 2.61 bits per heavy atom. The lowest BCUT2D eigenvalue weighted by molar-refractivity contribution is -0.238. The first-order valence-corrected chi connectivity index (χ1v) is 11.2. The van der Waals surface area contributed by atoms with E-state index >= 15 is 0 Å². The number of rotatable bonds is 6. The molecule has 6 atom stereocenters. The number of hydrogen-bond acceptors (Lipinski definition) is 3. The van der Waals surface area contributed by atoms with Gasteiger partial charge in [0.2, 0.25) is 0 Å². The summed E-state index contributed by atoms with van der Waals surface area (Å²) in [7, 11) is 0. The molecule has 154 valence electrons. The molecule has 3 aliphatic carbocycles. The number of esters is 1. The van der Waals surface area contributed by atoms with Gasteiger partial charge in [-0.15, -0.1) is 0 Å². The molecule has 0 aromatic heterocycles. The van der Waals surface area contributed by atoms with Crippen LogP contribution in [0.25, 0.3) is 0 Å². The van der Waals surface area contributed by atoms with Gasteiger partial charge in [-0.2, -0.15) is 0 Å². The summed E-state index contributed by atoms with van der Waals surface area (Å²) < 4.78 is 4.96. The molecule has 0 spiro atoms. The normalized spacial score (nSPS) is 44.8. The van der Waals surface area contributed by atoms with Crippen LogP contribution >= 0.6 is 0 Å². The van der Waals surface area contributed by atoms with Crippen molar-refractivity contribution in [1.29, 1.82) is 0 Å². The van der Waals surface area contributed by atoms with E-state index in [1.165, 1.54) is 18.4 Å². The molecule has 0 bridgehead atoms. The van der Waals surface area contributed by atoms with Gasteiger partial charge >= 0.3 is 5.97 Å². The largest absolute Gasteiger partial charge is 0.458 e. The third-order valence-electron chi connectivity index (χ3n) is 9.85. The summed E-state index contributed by atoms with van der Waals surface area (Å²) in [5, 5.41) is 0. The summed E-state index contributed by atoms with van der Waals surface area (Å²) in [5.41, 5.74) is 3.36. The molecule has 6 unspecified atom stereocenters. The third kappa shape index (κ3) is 2.53. The fraction of sp³-hybridized carbons (Fsp3) is 0.760. The van der Waals surface area contributed by atoms with E-state index in [1.807, 2.05) is 0 Å². The van der Waals surface area contributed by atoms with Crippen molar-refractivity contribution < 1.29 is 14.3 Å². The van der Waals surface area contributed by atoms with Crippen molar-refractivity contribution in [2.75, 3.05) is 6.61 Å². The lowest BCUT2D eigenvalue weighted by Crippen LogP contribution is -2.70. The van der Waals surface area contributed by atoms with Crippen molar-refractivity contribution in [3.63, 3.8) is 0 Å². The van der Waals surface area contributed by atoms with Gasteiger partial charge in [0.15, 0.2) is 0 Å². The van der Waals surface area contributed by atoms with E-state index in [2.05, 4.69) is 40.7 Å². The van der Waals surface area contributed by atoms with Crippen molar-refractivity contribution in [2.45, 2.75) is 79.6 Å². The Kier molecular flexibility index (Phi) is 4.67. The molecule has 1 heterocycles. The molecule has 3 nitrogen and oxygen atoms in total. The second-order valence-electron chi connectivity index (χ2n) is 10.7. The minimum absolute atomic E-state index is 0.193. The first-order valence-electron chi connectivity index (χ1n) is 11.2. The van der Waals surface area contributed by atoms with Gasteiger partial charge in [-0.25, -0.2) is 4.79 Å². The Labute approximate surface area is 170 Å². The van der Waals surface area contributed by atoms with Crippen LogP contribution in [0.5, 0.6) is 0 Å². The molecule has 3 heteroatoms. The molecule has 1 aliphatic heterocycles. The molecule has 0 saturated heterocycles. The molecule has 4 rings (SSSR count). The van der Waals surface area contributed by atoms with Gasteiger partial charge < -0.3 is 4.74 Å². The van der Waals surface area contributed by atoms with Gasteiger partial charge in [0.1, 0.15) is 12.4 Å². The lowest BCUT2D eigenvalue weighted by Gasteiger charge is -2.71. The highest BCUT2D eigenvalue weighted by Gasteiger charge is 2.79. The minimum atomic E-state index is -0.202. The van der Waals surface area contributed by atoms with Gasteiger partial charge in [-0.05, 0) is 79.1 Å². The van der Waals surface area contributed by atoms with Crippen molar-refractivity contribution in [3.8, 4) is 0 Å². The maximum Gasteiger partial charge on any atom is 0.331 e. The van der Waals surface area contributed by atoms with E-state index in [4.69, 9.17) is 4.74 Å². The van der Waals surface area contributed by atoms with Gasteiger partial charge in [0, 0.05) is 18.4 Å². The monoisotopic (exact) mass is 384 g/mol. The van der Waals surface area contributed by atoms with E-state index in [9.17, 15) is 9.59 Å². The van der Waals surface area contributed by atoms with Crippen LogP contribution in [0.1, 0.15) is 79.6 Å². The van der Waals surface area contributed by atoms with Crippen molar-refractivity contribution >= 4 is 11.8 Å². The summed E-state index contributed by atoms with van der Waals surface area (Å²) in [6.45, 7) is 12.4. The van der Waals surface area contributed by atoms with Gasteiger partial charge in [0.25, 0.3) is 0 Å². The predicted molar refractivity (Wildman–Crippen MR) is 111 cm³/mol. The first-order chi connectivity index (χ1) is 13.1. The van der Waals surface area contributed by atoms with Gasteiger partial charge in [0.05, 0.1) is 0 Å². The lowest BCUT2D eigenvalue weighted by atomic mass is 9.31. The maximum absolute atomic E-state index is 13.0. The van der Waals surface area contributed by atoms with Crippen LogP contribution in [0.3, 0.4) is 0 Å². The van der Waals surface area contributed by atoms with Crippen LogP contribution in [0.2, 0.25) is 0 Å². The summed E-state index contributed by atoms with van der Waals surface area (Å²) in [6, 6.07) is 0. The van der Waals surface area contributed by atoms with Crippen LogP contribution in [0, 0.1) is 34.0 Å². The Balaban J connectivity index is 1.39. The number of carbonyl (C=O) groups is 2. The van der Waals surface area contributed by atoms with Crippen LogP contribution in [-0.4, -0.2) is 18.4 Å². The van der Waals surface area contributed by atoms with Gasteiger partial charge in [-0.3, -0.25) is 4.79 Å². The standard InChI is InChI=1S/C25H36O3/c1-16(7-6-8-18-14-21(27)28-15-18)9-10-19-22-20(26)13-17(2)23(3)11-12-24(19,4)25(22,23)5/h7,14,17,19,22H,6,8-13,15H2,1-5H3/b16-7+. The van der Waals surface area contributed by atoms with Crippen molar-refractivity contribution in [2.24, 2.45) is 34.0 Å². The predicted octanol–water partition coefficient (Wildman–Crippen LogP) is 5.64. The zero-order valence-electron chi connectivity index (χ0n) is 18.3. The molecule has 3 saturated carbocycles. The van der Waals surface area contributed by atoms with E-state index in [0.717, 1.165) is 37.7 Å². The number of cyclic esters (lactones) is 1. The molecule has 4 aliphatic rings. The fourth-order valence-electron chi connectivity index (χ4n) is 7.64. The van der Waals surface area contributed by atoms with E-state index in [-0.39, 0.29) is 17.3 Å². The molecule has 0 aromatic carbocycles. The van der Waals surface area contributed by atoms with E-state index < -0.39 is 0 Å². The summed E-state index contributed by atoms with van der Waals surface area (Å²) in [5.74, 6) is 1.68. The third-order valence-corrected chi connectivity index (χ3v) is 9.85. The molecular weight excluding hydrogens is 348 g/mol. The zero-order valence-corrected chi connectivity index (χ0v) is 18.3. The molecule has 0 amide bonds. The van der Waals surface area contributed by atoms with Crippen molar-refractivity contribution in [3.05, 3.63) is 23.3 Å². The highest BCUT2D eigenvalue weighted by Crippen LogP contribution is 2.82. The molecule has 0 aromatic rings. The molecule has 0 N–H and O–H groups in total. The van der Waals surface area contributed by atoms with Gasteiger partial charge in [-0.1, -0.05) is 39.3 Å². The summed E-state index contributed by atoms with van der Waals surface area (Å²) in [6.07, 6.45) is 11.4. The Morgan fingerprint density at radius 2 is 1.93 bits per heavy atom. The fourth-order valence-corrected chi connectivity index (χ4v) is 7.64. The van der Waals surface area contributed by atoms with Crippen LogP contribution in [0.15, 0.2) is 23.3 Å². The number of ether oxygens (including phenoxy) is 1. The average molecular weight is 385 g/mol. The van der Waals surface area contributed by atoms with E-state index in [0.29, 0.717) is 35.1 Å². The van der Waals surface area contributed by atoms with Crippen molar-refractivity contribution in [1.82, 2.24) is 0 Å². The average Bonchev–Trinajstić information content (AvgIpc) is 3.12. The number of Topliss-reactive ketones (excluding diaryl/α,β-unsaturated/α-hetero) is 1. The number of hydrogen-bond donors (Lipinski definition) is 0. The topological polar surface area (TPSA) is 43.4 Å². The van der Waals surface area contributed by atoms with Crippen LogP contribution in [-0.2, 0) is 14.3 Å². The maximum atomic E-state index is 13.0. The van der Waals surface area contributed by atoms with Crippen LogP contribution in [0.4, 0.5) is 0 Å². The molecule has 28 heavy (non-hydrogen) atoms. The SMILES string of the molecule is C/C(=C\CCC1=CC(=O)OC1)CCC1C2C(=O)CC(C)C3(C)CCC1(C)C23C. The highest BCUT2D eigenvalue weighted by atomic mass is 16.5. The quantitative estimate of drug-likeness (QED) is 0.439. The Morgan fingerprint density at radius 1 is 1.21 bits per heavy atom. The number of carbonyl (C=O) groups excluding carboxylic acids is 2. The minimum Gasteiger partial charge on any atom is -0.458 e. The smallest absolute Gasteiger partial charge is 0.331 e. The highest BCUT2D eigenvalue weighted by molar-refractivity contribution is 5.86. The number of ketones is 1. The molecule has 3 fully saturated rings. The molecule has 0 radical (unpaired) electrons. The first kappa shape index (κ1) is 19.9. The second-order valence-corrected chi connectivity index (χ2v) is 10.7. The van der Waals surface area contributed by atoms with E-state index in [1.54, 1.807) is 6.08 Å². The zero-order chi connectivity index (χ0) is 20.3. The summed E-state index contributed by atoms with van der Waals surface area (Å²) in [4.78, 5) is 24.1. The summed E-state index contributed by atoms with van der Waals surface area (Å²) >= 11 is 0.